The fourth-order valence-electron chi connectivity index (χ4n) is 1.89. The summed E-state index contributed by atoms with van der Waals surface area (Å²) in [6, 6.07) is 11.1. The molecule has 0 heterocycles. The minimum absolute atomic E-state index is 0.0454. The average molecular weight is 289 g/mol. The van der Waals surface area contributed by atoms with E-state index in [9.17, 15) is 9.18 Å². The third-order valence-corrected chi connectivity index (χ3v) is 2.81. The van der Waals surface area contributed by atoms with Crippen molar-refractivity contribution in [2.75, 3.05) is 17.3 Å². The Hall–Kier alpha value is -2.60. The van der Waals surface area contributed by atoms with Crippen LogP contribution < -0.4 is 21.3 Å². The SMILES string of the molecule is CCOc1cccc(NC(=O)c2cccc(F)c2NN)c1. The molecule has 2 aromatic carbocycles. The van der Waals surface area contributed by atoms with Crippen molar-refractivity contribution in [3.8, 4) is 5.75 Å². The summed E-state index contributed by atoms with van der Waals surface area (Å²) in [5, 5.41) is 2.68. The maximum Gasteiger partial charge on any atom is 0.257 e. The third-order valence-electron chi connectivity index (χ3n) is 2.81. The molecule has 0 aromatic heterocycles. The molecule has 0 aliphatic rings. The van der Waals surface area contributed by atoms with Crippen LogP contribution in [0, 0.1) is 5.82 Å². The zero-order valence-corrected chi connectivity index (χ0v) is 11.5. The fraction of sp³-hybridized carbons (Fsp3) is 0.133. The van der Waals surface area contributed by atoms with Crippen LogP contribution in [-0.4, -0.2) is 12.5 Å². The van der Waals surface area contributed by atoms with E-state index >= 15 is 0 Å². The van der Waals surface area contributed by atoms with Gasteiger partial charge >= 0.3 is 0 Å². The van der Waals surface area contributed by atoms with Gasteiger partial charge in [-0.05, 0) is 31.2 Å². The molecule has 110 valence electrons. The number of carbonyl (C=O) groups excluding carboxylic acids is 1. The minimum atomic E-state index is -0.590. The highest BCUT2D eigenvalue weighted by atomic mass is 19.1. The molecule has 5 nitrogen and oxygen atoms in total. The standard InChI is InChI=1S/C15H16FN3O2/c1-2-21-11-6-3-5-10(9-11)18-15(20)12-7-4-8-13(16)14(12)19-17/h3-9,19H,2,17H2,1H3,(H,18,20). The molecule has 0 saturated heterocycles. The quantitative estimate of drug-likeness (QED) is 0.584. The number of nitrogens with one attached hydrogen (secondary N) is 2. The molecule has 4 N–H and O–H groups in total. The van der Waals surface area contributed by atoms with Crippen LogP contribution >= 0.6 is 0 Å². The van der Waals surface area contributed by atoms with E-state index in [2.05, 4.69) is 10.7 Å². The number of ether oxygens (including phenoxy) is 1. The Balaban J connectivity index is 2.22. The molecule has 0 spiro atoms. The van der Waals surface area contributed by atoms with Gasteiger partial charge in [0, 0.05) is 11.8 Å². The molecule has 0 unspecified atom stereocenters. The van der Waals surface area contributed by atoms with Crippen molar-refractivity contribution in [1.82, 2.24) is 0 Å². The maximum atomic E-state index is 13.6. The second-order valence-electron chi connectivity index (χ2n) is 4.22. The second kappa shape index (κ2) is 6.71. The average Bonchev–Trinajstić information content (AvgIpc) is 2.47. The molecule has 0 fully saturated rings. The van der Waals surface area contributed by atoms with E-state index in [0.29, 0.717) is 18.0 Å². The maximum absolute atomic E-state index is 13.6. The predicted molar refractivity (Wildman–Crippen MR) is 79.8 cm³/mol. The first-order valence-electron chi connectivity index (χ1n) is 6.45. The summed E-state index contributed by atoms with van der Waals surface area (Å²) in [7, 11) is 0. The topological polar surface area (TPSA) is 76.4 Å². The van der Waals surface area contributed by atoms with Crippen molar-refractivity contribution in [3.63, 3.8) is 0 Å². The highest BCUT2D eigenvalue weighted by Crippen LogP contribution is 2.22. The number of para-hydroxylation sites is 1. The highest BCUT2D eigenvalue weighted by molar-refractivity contribution is 6.08. The van der Waals surface area contributed by atoms with Crippen molar-refractivity contribution in [2.45, 2.75) is 6.92 Å². The van der Waals surface area contributed by atoms with Crippen molar-refractivity contribution < 1.29 is 13.9 Å². The van der Waals surface area contributed by atoms with Crippen LogP contribution in [0.15, 0.2) is 42.5 Å². The number of benzene rings is 2. The van der Waals surface area contributed by atoms with E-state index in [-0.39, 0.29) is 11.3 Å². The first-order chi connectivity index (χ1) is 10.2. The normalized spacial score (nSPS) is 10.0. The van der Waals surface area contributed by atoms with Gasteiger partial charge in [0.25, 0.3) is 5.91 Å². The van der Waals surface area contributed by atoms with E-state index in [4.69, 9.17) is 10.6 Å². The lowest BCUT2D eigenvalue weighted by Crippen LogP contribution is -2.18. The summed E-state index contributed by atoms with van der Waals surface area (Å²) >= 11 is 0. The lowest BCUT2D eigenvalue weighted by Gasteiger charge is -2.11. The number of carbonyl (C=O) groups is 1. The Kier molecular flexibility index (Phi) is 4.73. The van der Waals surface area contributed by atoms with E-state index in [1.54, 1.807) is 24.3 Å². The number of nitrogen functional groups attached to an aromatic ring is 1. The van der Waals surface area contributed by atoms with Crippen molar-refractivity contribution in [2.24, 2.45) is 5.84 Å². The summed E-state index contributed by atoms with van der Waals surface area (Å²) in [6.07, 6.45) is 0. The van der Waals surface area contributed by atoms with Gasteiger partial charge in [-0.25, -0.2) is 4.39 Å². The van der Waals surface area contributed by atoms with E-state index in [0.717, 1.165) is 0 Å². The van der Waals surface area contributed by atoms with Crippen LogP contribution in [0.2, 0.25) is 0 Å². The number of nitrogens with two attached hydrogens (primary N) is 1. The third kappa shape index (κ3) is 3.49. The Morgan fingerprint density at radius 3 is 2.76 bits per heavy atom. The molecule has 0 aliphatic carbocycles. The summed E-state index contributed by atoms with van der Waals surface area (Å²) in [4.78, 5) is 12.2. The van der Waals surface area contributed by atoms with Crippen LogP contribution in [0.4, 0.5) is 15.8 Å². The Morgan fingerprint density at radius 2 is 2.05 bits per heavy atom. The van der Waals surface area contributed by atoms with Gasteiger partial charge in [0.2, 0.25) is 0 Å². The molecule has 2 aromatic rings. The van der Waals surface area contributed by atoms with Crippen molar-refractivity contribution in [3.05, 3.63) is 53.8 Å². The number of hydrogen-bond acceptors (Lipinski definition) is 4. The van der Waals surface area contributed by atoms with Crippen LogP contribution in [0.5, 0.6) is 5.75 Å². The van der Waals surface area contributed by atoms with Gasteiger partial charge in [-0.3, -0.25) is 10.6 Å². The molecule has 6 heteroatoms. The molecule has 2 rings (SSSR count). The lowest BCUT2D eigenvalue weighted by atomic mass is 10.1. The van der Waals surface area contributed by atoms with Crippen molar-refractivity contribution in [1.29, 1.82) is 0 Å². The molecule has 0 saturated carbocycles. The molecular weight excluding hydrogens is 273 g/mol. The number of hydrogen-bond donors (Lipinski definition) is 3. The van der Waals surface area contributed by atoms with Crippen LogP contribution in [0.1, 0.15) is 17.3 Å². The van der Waals surface area contributed by atoms with E-state index in [1.165, 1.54) is 18.2 Å². The summed E-state index contributed by atoms with van der Waals surface area (Å²) in [5.41, 5.74) is 2.83. The van der Waals surface area contributed by atoms with Crippen LogP contribution in [0.3, 0.4) is 0 Å². The van der Waals surface area contributed by atoms with Gasteiger partial charge in [0.05, 0.1) is 17.9 Å². The number of anilines is 2. The molecule has 1 amide bonds. The zero-order chi connectivity index (χ0) is 15.2. The number of hydrazine groups is 1. The highest BCUT2D eigenvalue weighted by Gasteiger charge is 2.14. The van der Waals surface area contributed by atoms with Gasteiger partial charge in [-0.1, -0.05) is 12.1 Å². The lowest BCUT2D eigenvalue weighted by molar-refractivity contribution is 0.102. The van der Waals surface area contributed by atoms with Gasteiger partial charge in [0.1, 0.15) is 11.6 Å². The molecular formula is C15H16FN3O2. The van der Waals surface area contributed by atoms with E-state index in [1.807, 2.05) is 6.92 Å². The smallest absolute Gasteiger partial charge is 0.257 e. The molecule has 21 heavy (non-hydrogen) atoms. The Morgan fingerprint density at radius 1 is 1.29 bits per heavy atom. The van der Waals surface area contributed by atoms with Gasteiger partial charge in [-0.15, -0.1) is 0 Å². The van der Waals surface area contributed by atoms with Crippen molar-refractivity contribution >= 4 is 17.3 Å². The number of halogens is 1. The number of rotatable bonds is 5. The fourth-order valence-corrected chi connectivity index (χ4v) is 1.89. The molecule has 0 aliphatic heterocycles. The first kappa shape index (κ1) is 14.8. The zero-order valence-electron chi connectivity index (χ0n) is 11.5. The Labute approximate surface area is 121 Å². The molecule has 0 atom stereocenters. The number of amides is 1. The van der Waals surface area contributed by atoms with Crippen LogP contribution in [-0.2, 0) is 0 Å². The van der Waals surface area contributed by atoms with Gasteiger partial charge < -0.3 is 15.5 Å². The molecule has 0 bridgehead atoms. The summed E-state index contributed by atoms with van der Waals surface area (Å²) < 4.78 is 18.9. The van der Waals surface area contributed by atoms with Gasteiger partial charge in [-0.2, -0.15) is 0 Å². The first-order valence-corrected chi connectivity index (χ1v) is 6.45. The molecule has 0 radical (unpaired) electrons. The van der Waals surface area contributed by atoms with Gasteiger partial charge in [0.15, 0.2) is 0 Å². The predicted octanol–water partition coefficient (Wildman–Crippen LogP) is 2.76. The summed E-state index contributed by atoms with van der Waals surface area (Å²) in [6.45, 7) is 2.40. The Bertz CT molecular complexity index is 647. The second-order valence-corrected chi connectivity index (χ2v) is 4.22. The monoisotopic (exact) mass is 289 g/mol. The van der Waals surface area contributed by atoms with E-state index < -0.39 is 11.7 Å². The minimum Gasteiger partial charge on any atom is -0.494 e. The summed E-state index contributed by atoms with van der Waals surface area (Å²) in [5.74, 6) is 4.85. The largest absolute Gasteiger partial charge is 0.494 e. The van der Waals surface area contributed by atoms with Crippen LogP contribution in [0.25, 0.3) is 0 Å².